The third kappa shape index (κ3) is 4.96. The van der Waals surface area contributed by atoms with Gasteiger partial charge in [0.25, 0.3) is 0 Å². The molecule has 0 aliphatic carbocycles. The van der Waals surface area contributed by atoms with Crippen LogP contribution in [0.4, 0.5) is 0 Å². The van der Waals surface area contributed by atoms with E-state index in [0.717, 1.165) is 16.5 Å². The standard InChI is InChI=1S/C21H24N2O5S/c1-14(2)28-16-8-10-17(11-9-16)29(25,26)23-20(21(24)27-3)12-15-13-22-19-7-5-4-6-18(15)19/h4-11,13-14,20,22-23H,12H2,1-3H3. The number of carbonyl (C=O) groups excluding carboxylic acids is 1. The first kappa shape index (κ1) is 20.9. The number of methoxy groups -OCH3 is 1. The van der Waals surface area contributed by atoms with E-state index >= 15 is 0 Å². The molecule has 2 N–H and O–H groups in total. The van der Waals surface area contributed by atoms with Gasteiger partial charge < -0.3 is 14.5 Å². The molecule has 0 fully saturated rings. The van der Waals surface area contributed by atoms with Gasteiger partial charge in [0, 0.05) is 23.5 Å². The molecule has 0 aliphatic rings. The Morgan fingerprint density at radius 3 is 2.45 bits per heavy atom. The number of nitrogens with one attached hydrogen (secondary N) is 2. The molecule has 1 heterocycles. The summed E-state index contributed by atoms with van der Waals surface area (Å²) < 4.78 is 38.5. The Morgan fingerprint density at radius 1 is 1.10 bits per heavy atom. The lowest BCUT2D eigenvalue weighted by Gasteiger charge is -2.17. The predicted molar refractivity (Wildman–Crippen MR) is 110 cm³/mol. The van der Waals surface area contributed by atoms with Crippen molar-refractivity contribution < 1.29 is 22.7 Å². The van der Waals surface area contributed by atoms with Gasteiger partial charge in [-0.05, 0) is 49.7 Å². The van der Waals surface area contributed by atoms with Crippen molar-refractivity contribution in [2.24, 2.45) is 0 Å². The van der Waals surface area contributed by atoms with Crippen LogP contribution in [0, 0.1) is 0 Å². The van der Waals surface area contributed by atoms with E-state index in [2.05, 4.69) is 9.71 Å². The highest BCUT2D eigenvalue weighted by Gasteiger charge is 2.27. The van der Waals surface area contributed by atoms with E-state index in [0.29, 0.717) is 5.75 Å². The number of sulfonamides is 1. The zero-order chi connectivity index (χ0) is 21.0. The van der Waals surface area contributed by atoms with Crippen LogP contribution in [-0.2, 0) is 26.0 Å². The largest absolute Gasteiger partial charge is 0.491 e. The van der Waals surface area contributed by atoms with Crippen molar-refractivity contribution >= 4 is 26.9 Å². The minimum atomic E-state index is -3.93. The molecule has 0 bridgehead atoms. The van der Waals surface area contributed by atoms with Gasteiger partial charge in [-0.15, -0.1) is 0 Å². The summed E-state index contributed by atoms with van der Waals surface area (Å²) in [6, 6.07) is 12.6. The number of rotatable bonds is 8. The molecule has 0 amide bonds. The Morgan fingerprint density at radius 2 is 1.79 bits per heavy atom. The van der Waals surface area contributed by atoms with Crippen LogP contribution < -0.4 is 9.46 Å². The van der Waals surface area contributed by atoms with Crippen molar-refractivity contribution in [2.75, 3.05) is 7.11 Å². The third-order valence-electron chi connectivity index (χ3n) is 4.39. The van der Waals surface area contributed by atoms with E-state index in [4.69, 9.17) is 9.47 Å². The number of aromatic amines is 1. The highest BCUT2D eigenvalue weighted by molar-refractivity contribution is 7.89. The minimum Gasteiger partial charge on any atom is -0.491 e. The molecule has 29 heavy (non-hydrogen) atoms. The van der Waals surface area contributed by atoms with Gasteiger partial charge in [-0.2, -0.15) is 4.72 Å². The van der Waals surface area contributed by atoms with Crippen molar-refractivity contribution in [1.82, 2.24) is 9.71 Å². The number of hydrogen-bond donors (Lipinski definition) is 2. The molecule has 1 aromatic heterocycles. The maximum absolute atomic E-state index is 12.8. The van der Waals surface area contributed by atoms with Gasteiger partial charge in [-0.1, -0.05) is 18.2 Å². The van der Waals surface area contributed by atoms with Crippen molar-refractivity contribution in [2.45, 2.75) is 37.3 Å². The summed E-state index contributed by atoms with van der Waals surface area (Å²) in [4.78, 5) is 15.4. The van der Waals surface area contributed by atoms with Gasteiger partial charge in [-0.25, -0.2) is 8.42 Å². The number of aromatic nitrogens is 1. The fraction of sp³-hybridized carbons (Fsp3) is 0.286. The van der Waals surface area contributed by atoms with E-state index in [9.17, 15) is 13.2 Å². The Bertz CT molecular complexity index is 1090. The summed E-state index contributed by atoms with van der Waals surface area (Å²) in [7, 11) is -2.70. The zero-order valence-electron chi connectivity index (χ0n) is 16.5. The van der Waals surface area contributed by atoms with Crippen LogP contribution in [0.1, 0.15) is 19.4 Å². The average molecular weight is 416 g/mol. The monoisotopic (exact) mass is 416 g/mol. The number of fused-ring (bicyclic) bond motifs is 1. The van der Waals surface area contributed by atoms with E-state index in [1.807, 2.05) is 38.1 Å². The number of H-pyrrole nitrogens is 1. The molecule has 0 spiro atoms. The second kappa shape index (κ2) is 8.67. The second-order valence-electron chi connectivity index (χ2n) is 6.90. The predicted octanol–water partition coefficient (Wildman–Crippen LogP) is 3.02. The molecule has 7 nitrogen and oxygen atoms in total. The quantitative estimate of drug-likeness (QED) is 0.550. The number of hydrogen-bond acceptors (Lipinski definition) is 5. The summed E-state index contributed by atoms with van der Waals surface area (Å²) in [5.41, 5.74) is 1.73. The van der Waals surface area contributed by atoms with Crippen LogP contribution in [0.3, 0.4) is 0 Å². The molecule has 0 saturated carbocycles. The Balaban J connectivity index is 1.83. The lowest BCUT2D eigenvalue weighted by Crippen LogP contribution is -2.42. The fourth-order valence-corrected chi connectivity index (χ4v) is 4.25. The number of ether oxygens (including phenoxy) is 2. The van der Waals surface area contributed by atoms with Crippen LogP contribution >= 0.6 is 0 Å². The molecule has 0 aliphatic heterocycles. The van der Waals surface area contributed by atoms with Gasteiger partial charge in [-0.3, -0.25) is 4.79 Å². The van der Waals surface area contributed by atoms with Gasteiger partial charge in [0.15, 0.2) is 0 Å². The first-order chi connectivity index (χ1) is 13.8. The van der Waals surface area contributed by atoms with Crippen LogP contribution in [0.5, 0.6) is 5.75 Å². The van der Waals surface area contributed by atoms with Crippen molar-refractivity contribution in [3.05, 3.63) is 60.3 Å². The van der Waals surface area contributed by atoms with Crippen molar-refractivity contribution in [3.8, 4) is 5.75 Å². The molecule has 8 heteroatoms. The Labute approximate surface area is 170 Å². The SMILES string of the molecule is COC(=O)C(Cc1c[nH]c2ccccc12)NS(=O)(=O)c1ccc(OC(C)C)cc1. The molecule has 2 aromatic carbocycles. The number of carbonyl (C=O) groups is 1. The molecular formula is C21H24N2O5S. The lowest BCUT2D eigenvalue weighted by molar-refractivity contribution is -0.142. The van der Waals surface area contributed by atoms with E-state index in [1.165, 1.54) is 19.2 Å². The van der Waals surface area contributed by atoms with Gasteiger partial charge in [0.2, 0.25) is 10.0 Å². The molecule has 0 radical (unpaired) electrons. The number of benzene rings is 2. The van der Waals surface area contributed by atoms with Crippen molar-refractivity contribution in [1.29, 1.82) is 0 Å². The van der Waals surface area contributed by atoms with Crippen LogP contribution in [0.2, 0.25) is 0 Å². The molecule has 1 atom stereocenters. The summed E-state index contributed by atoms with van der Waals surface area (Å²) >= 11 is 0. The third-order valence-corrected chi connectivity index (χ3v) is 5.88. The topological polar surface area (TPSA) is 97.5 Å². The average Bonchev–Trinajstić information content (AvgIpc) is 3.09. The highest BCUT2D eigenvalue weighted by atomic mass is 32.2. The van der Waals surface area contributed by atoms with Crippen LogP contribution in [0.15, 0.2) is 59.6 Å². The first-order valence-corrected chi connectivity index (χ1v) is 10.7. The molecular weight excluding hydrogens is 392 g/mol. The maximum Gasteiger partial charge on any atom is 0.324 e. The number of para-hydroxylation sites is 1. The smallest absolute Gasteiger partial charge is 0.324 e. The van der Waals surface area contributed by atoms with E-state index in [1.54, 1.807) is 18.3 Å². The fourth-order valence-electron chi connectivity index (χ4n) is 3.06. The second-order valence-corrected chi connectivity index (χ2v) is 8.61. The van der Waals surface area contributed by atoms with Gasteiger partial charge in [0.1, 0.15) is 11.8 Å². The molecule has 3 rings (SSSR count). The molecule has 1 unspecified atom stereocenters. The lowest BCUT2D eigenvalue weighted by atomic mass is 10.1. The first-order valence-electron chi connectivity index (χ1n) is 9.22. The Kier molecular flexibility index (Phi) is 6.24. The maximum atomic E-state index is 12.8. The molecule has 3 aromatic rings. The summed E-state index contributed by atoms with van der Waals surface area (Å²) in [5.74, 6) is -0.0825. The van der Waals surface area contributed by atoms with Crippen molar-refractivity contribution in [3.63, 3.8) is 0 Å². The van der Waals surface area contributed by atoms with Gasteiger partial charge in [0.05, 0.1) is 18.1 Å². The van der Waals surface area contributed by atoms with Crippen LogP contribution in [-0.4, -0.2) is 38.6 Å². The minimum absolute atomic E-state index is 0.0181. The Hall–Kier alpha value is -2.84. The van der Waals surface area contributed by atoms with Gasteiger partial charge >= 0.3 is 5.97 Å². The molecule has 0 saturated heterocycles. The molecule has 154 valence electrons. The zero-order valence-corrected chi connectivity index (χ0v) is 17.3. The van der Waals surface area contributed by atoms with Crippen LogP contribution in [0.25, 0.3) is 10.9 Å². The summed E-state index contributed by atoms with van der Waals surface area (Å²) in [5, 5.41) is 0.927. The van der Waals surface area contributed by atoms with E-state index in [-0.39, 0.29) is 17.4 Å². The summed E-state index contributed by atoms with van der Waals surface area (Å²) in [6.07, 6.45) is 1.91. The highest BCUT2D eigenvalue weighted by Crippen LogP contribution is 2.21. The van der Waals surface area contributed by atoms with E-state index < -0.39 is 22.0 Å². The normalized spacial score (nSPS) is 12.8. The number of esters is 1. The summed E-state index contributed by atoms with van der Waals surface area (Å²) in [6.45, 7) is 3.77.